The van der Waals surface area contributed by atoms with Crippen LogP contribution in [-0.2, 0) is 28.7 Å². The van der Waals surface area contributed by atoms with E-state index in [1.807, 2.05) is 6.92 Å². The molecule has 1 heterocycles. The van der Waals surface area contributed by atoms with Crippen LogP contribution in [0.4, 0.5) is 0 Å². The zero-order chi connectivity index (χ0) is 54.1. The van der Waals surface area contributed by atoms with Crippen LogP contribution in [0.15, 0.2) is 12.2 Å². The summed E-state index contributed by atoms with van der Waals surface area (Å²) in [5, 5.41) is 25.9. The Morgan fingerprint density at radius 2 is 1.35 bits per heavy atom. The second-order valence-electron chi connectivity index (χ2n) is 25.2. The number of hydrogen-bond acceptors (Lipinski definition) is 8. The van der Waals surface area contributed by atoms with E-state index in [0.29, 0.717) is 99.8 Å². The Hall–Kier alpha value is -2.83. The van der Waals surface area contributed by atoms with Gasteiger partial charge >= 0.3 is 0 Å². The van der Waals surface area contributed by atoms with Crippen molar-refractivity contribution < 1.29 is 38.9 Å². The number of Topliss-reactive ketones (excluding diaryl/α,β-unsaturated/α-hetero) is 1. The summed E-state index contributed by atoms with van der Waals surface area (Å²) in [6.45, 7) is 13.1. The van der Waals surface area contributed by atoms with Crippen LogP contribution in [0.25, 0.3) is 0 Å². The highest BCUT2D eigenvalue weighted by atomic mass is 16.5. The number of aliphatic hydroxyl groups excluding tert-OH is 2. The number of hydrogen-bond donors (Lipinski definition) is 4. The minimum absolute atomic E-state index is 0.0534. The Balaban J connectivity index is 1.01. The molecule has 4 N–H and O–H groups in total. The van der Waals surface area contributed by atoms with Gasteiger partial charge in [-0.25, -0.2) is 0 Å². The lowest BCUT2D eigenvalue weighted by atomic mass is 9.44. The smallest absolute Gasteiger partial charge is 0.239 e. The number of rotatable bonds is 37. The summed E-state index contributed by atoms with van der Waals surface area (Å²) in [7, 11) is 0. The third kappa shape index (κ3) is 19.8. The van der Waals surface area contributed by atoms with Gasteiger partial charge in [0.15, 0.2) is 5.78 Å². The first-order chi connectivity index (χ1) is 36.2. The van der Waals surface area contributed by atoms with Crippen molar-refractivity contribution in [2.45, 2.75) is 265 Å². The Kier molecular flexibility index (Phi) is 28.2. The molecule has 430 valence electrons. The molecule has 0 bridgehead atoms. The number of ketones is 1. The van der Waals surface area contributed by atoms with E-state index in [2.05, 4.69) is 50.5 Å². The van der Waals surface area contributed by atoms with E-state index in [9.17, 15) is 34.2 Å². The summed E-state index contributed by atoms with van der Waals surface area (Å²) in [6, 6.07) is -0.00310. The molecule has 0 aromatic heterocycles. The lowest BCUT2D eigenvalue weighted by molar-refractivity contribution is -0.139. The molecule has 1 aliphatic heterocycles. The molecule has 12 heteroatoms. The topological polar surface area (TPSA) is 166 Å². The van der Waals surface area contributed by atoms with Crippen molar-refractivity contribution in [3.63, 3.8) is 0 Å². The Labute approximate surface area is 456 Å². The molecule has 5 fully saturated rings. The lowest BCUT2D eigenvalue weighted by Crippen LogP contribution is -2.55. The molecule has 0 aromatic rings. The van der Waals surface area contributed by atoms with Gasteiger partial charge in [-0.1, -0.05) is 111 Å². The van der Waals surface area contributed by atoms with E-state index in [1.54, 1.807) is 4.90 Å². The number of carbonyl (C=O) groups is 5. The molecule has 4 aliphatic carbocycles. The Morgan fingerprint density at radius 1 is 0.693 bits per heavy atom. The van der Waals surface area contributed by atoms with Crippen molar-refractivity contribution in [3.05, 3.63) is 12.2 Å². The molecular formula is C63H110N4O8. The summed E-state index contributed by atoms with van der Waals surface area (Å²) >= 11 is 0. The Morgan fingerprint density at radius 3 is 2.05 bits per heavy atom. The van der Waals surface area contributed by atoms with Gasteiger partial charge in [0.25, 0.3) is 0 Å². The van der Waals surface area contributed by atoms with Gasteiger partial charge < -0.3 is 35.4 Å². The predicted octanol–water partition coefficient (Wildman–Crippen LogP) is 11.8. The van der Waals surface area contributed by atoms with Crippen molar-refractivity contribution in [1.29, 1.82) is 0 Å². The summed E-state index contributed by atoms with van der Waals surface area (Å²) < 4.78 is 5.54. The summed E-state index contributed by atoms with van der Waals surface area (Å²) in [5.74, 6) is 3.51. The normalized spacial score (nSPS) is 28.7. The zero-order valence-corrected chi connectivity index (χ0v) is 48.4. The minimum Gasteiger partial charge on any atom is -0.394 e. The van der Waals surface area contributed by atoms with E-state index in [4.69, 9.17) is 4.74 Å². The fourth-order valence-corrected chi connectivity index (χ4v) is 15.5. The van der Waals surface area contributed by atoms with Crippen LogP contribution >= 0.6 is 0 Å². The third-order valence-electron chi connectivity index (χ3n) is 19.8. The molecule has 12 nitrogen and oxygen atoms in total. The number of amides is 4. The minimum atomic E-state index is -0.590. The fraction of sp³-hybridized carbons (Fsp3) is 0.889. The van der Waals surface area contributed by atoms with Crippen LogP contribution in [0.2, 0.25) is 0 Å². The quantitative estimate of drug-likeness (QED) is 0.0353. The number of carbonyl (C=O) groups excluding carboxylic acids is 5. The lowest BCUT2D eigenvalue weighted by Gasteiger charge is -2.61. The van der Waals surface area contributed by atoms with Gasteiger partial charge in [0.1, 0.15) is 0 Å². The number of unbranched alkanes of at least 4 members (excludes halogenated alkanes) is 14. The van der Waals surface area contributed by atoms with Crippen LogP contribution in [0.1, 0.15) is 247 Å². The first-order valence-electron chi connectivity index (χ1n) is 31.4. The average Bonchev–Trinajstić information content (AvgIpc) is 3.96. The molecule has 5 unspecified atom stereocenters. The molecule has 0 spiro atoms. The van der Waals surface area contributed by atoms with Crippen molar-refractivity contribution in [3.8, 4) is 0 Å². The molecule has 5 rings (SSSR count). The highest BCUT2D eigenvalue weighted by molar-refractivity contribution is 5.89. The van der Waals surface area contributed by atoms with Gasteiger partial charge in [0.2, 0.25) is 23.6 Å². The number of aliphatic hydroxyl groups is 2. The van der Waals surface area contributed by atoms with Gasteiger partial charge in [-0.3, -0.25) is 24.0 Å². The van der Waals surface area contributed by atoms with Gasteiger partial charge in [-0.2, -0.15) is 0 Å². The molecule has 0 aromatic carbocycles. The summed E-state index contributed by atoms with van der Waals surface area (Å²) in [4.78, 5) is 69.4. The molecule has 75 heavy (non-hydrogen) atoms. The molecular weight excluding hydrogens is 941 g/mol. The first kappa shape index (κ1) is 63.0. The maximum absolute atomic E-state index is 14.0. The van der Waals surface area contributed by atoms with E-state index >= 15 is 0 Å². The number of β-amino-alcohol motifs (C(OH)–C–C–N with tert-alkyl or cyclic N) is 1. The van der Waals surface area contributed by atoms with Gasteiger partial charge in [0.05, 0.1) is 38.4 Å². The predicted molar refractivity (Wildman–Crippen MR) is 302 cm³/mol. The second kappa shape index (κ2) is 33.6. The van der Waals surface area contributed by atoms with E-state index < -0.39 is 6.10 Å². The fourth-order valence-electron chi connectivity index (χ4n) is 15.5. The van der Waals surface area contributed by atoms with E-state index in [-0.39, 0.29) is 67.1 Å². The molecule has 1 saturated heterocycles. The monoisotopic (exact) mass is 1050 g/mol. The van der Waals surface area contributed by atoms with Gasteiger partial charge in [-0.05, 0) is 168 Å². The average molecular weight is 1050 g/mol. The highest BCUT2D eigenvalue weighted by Gasteiger charge is 2.60. The molecule has 0 radical (unpaired) electrons. The third-order valence-corrected chi connectivity index (χ3v) is 19.8. The molecule has 11 atom stereocenters. The number of ether oxygens (including phenoxy) is 1. The van der Waals surface area contributed by atoms with Crippen molar-refractivity contribution in [2.75, 3.05) is 46.0 Å². The van der Waals surface area contributed by atoms with Crippen molar-refractivity contribution in [1.82, 2.24) is 20.4 Å². The van der Waals surface area contributed by atoms with Crippen molar-refractivity contribution in [2.24, 2.45) is 46.3 Å². The summed E-state index contributed by atoms with van der Waals surface area (Å²) in [5.41, 5.74) is 0.592. The van der Waals surface area contributed by atoms with Crippen LogP contribution < -0.4 is 10.6 Å². The maximum Gasteiger partial charge on any atom is 0.239 e. The maximum atomic E-state index is 14.0. The number of likely N-dealkylation sites (tertiary alicyclic amines) is 1. The number of allylic oxidation sites excluding steroid dienone is 2. The van der Waals surface area contributed by atoms with Crippen molar-refractivity contribution >= 4 is 29.4 Å². The zero-order valence-electron chi connectivity index (χ0n) is 48.4. The van der Waals surface area contributed by atoms with Crippen LogP contribution in [0.3, 0.4) is 0 Å². The second-order valence-corrected chi connectivity index (χ2v) is 25.2. The van der Waals surface area contributed by atoms with E-state index in [1.165, 1.54) is 120 Å². The summed E-state index contributed by atoms with van der Waals surface area (Å²) in [6.07, 6.45) is 38.2. The van der Waals surface area contributed by atoms with Gasteiger partial charge in [0, 0.05) is 51.4 Å². The van der Waals surface area contributed by atoms with E-state index in [0.717, 1.165) is 63.2 Å². The number of nitrogens with one attached hydrogen (secondary N) is 2. The number of fused-ring (bicyclic) bond motifs is 5. The molecule has 5 aliphatic rings. The highest BCUT2D eigenvalue weighted by Crippen LogP contribution is 2.68. The SMILES string of the molecule is CCCCCCCC/C=C\CCCCCCCC(=O)NC1CC[C@@]2(C)C(CCC3C2CC[C@@]2(C)C3CC[C@@H]2[C@H](C)CCC(=O)N(CC(=O)CCCCCCC(=O)N2C[C@H](O)C[C@H]2CO)CC(=O)NCCOCCC)C1. The number of nitrogens with zero attached hydrogens (tertiary/aromatic N) is 2. The Bertz CT molecular complexity index is 1740. The molecule has 4 saturated carbocycles. The standard InChI is InChI=1S/C63H110N4O8/c1-6-8-9-10-11-12-13-14-15-16-17-18-19-20-24-27-58(71)65-50-35-37-62(4)49(42-50)30-31-54-56-33-32-55(63(56,5)38-36-57(54)62)48(3)29-34-60(73)66(46-59(72)64-39-41-75-40-7-2)44-52(69)26-23-21-22-25-28-61(74)67-45-53(70)43-51(67)47-68/h14-15,48-51,53-57,68,70H,6-13,16-47H2,1-5H3,(H,64,72)(H,65,71)/b15-14-/t48-,49?,50?,51+,53-,54?,55-,56?,57?,62+,63-/m1/s1. The largest absolute Gasteiger partial charge is 0.394 e. The van der Waals surface area contributed by atoms with Gasteiger partial charge in [-0.15, -0.1) is 0 Å². The van der Waals surface area contributed by atoms with Crippen LogP contribution in [0.5, 0.6) is 0 Å². The molecule has 4 amide bonds. The first-order valence-corrected chi connectivity index (χ1v) is 31.4. The van der Waals surface area contributed by atoms with Crippen LogP contribution in [0, 0.1) is 46.3 Å². The van der Waals surface area contributed by atoms with Crippen LogP contribution in [-0.4, -0.2) is 114 Å².